The van der Waals surface area contributed by atoms with E-state index in [2.05, 4.69) is 135 Å². The van der Waals surface area contributed by atoms with E-state index in [9.17, 15) is 0 Å². The number of halogens is 2. The van der Waals surface area contributed by atoms with Crippen molar-refractivity contribution in [3.05, 3.63) is 127 Å². The van der Waals surface area contributed by atoms with Crippen molar-refractivity contribution >= 4 is 25.4 Å². The van der Waals surface area contributed by atoms with Gasteiger partial charge in [0.25, 0.3) is 0 Å². The molecule has 0 aliphatic heterocycles. The maximum absolute atomic E-state index is 2.99. The van der Waals surface area contributed by atoms with Gasteiger partial charge >= 0.3 is 49.5 Å². The third kappa shape index (κ3) is 7.72. The van der Waals surface area contributed by atoms with Crippen LogP contribution in [0.1, 0.15) is 32.1 Å². The Hall–Kier alpha value is -2.61. The largest absolute Gasteiger partial charge is 0.126 e. The summed E-state index contributed by atoms with van der Waals surface area (Å²) in [7, 11) is 0. The Morgan fingerprint density at radius 1 is 0.605 bits per heavy atom. The molecule has 5 aromatic carbocycles. The second-order valence-electron chi connectivity index (χ2n) is 9.29. The first-order chi connectivity index (χ1) is 17.8. The van der Waals surface area contributed by atoms with Gasteiger partial charge in [-0.1, -0.05) is 84.9 Å². The Bertz CT molecular complexity index is 1400. The van der Waals surface area contributed by atoms with E-state index < -0.39 is 0 Å². The first-order valence-electron chi connectivity index (χ1n) is 12.8. The zero-order valence-corrected chi connectivity index (χ0v) is 24.4. The van der Waals surface area contributed by atoms with Gasteiger partial charge in [-0.25, -0.2) is 12.2 Å². The molecule has 38 heavy (non-hydrogen) atoms. The molecular formula is C35H30Cl2Ti-2. The molecule has 2 aliphatic carbocycles. The second kappa shape index (κ2) is 15.1. The summed E-state index contributed by atoms with van der Waals surface area (Å²) in [6.45, 7) is 0. The molecule has 0 saturated heterocycles. The molecule has 0 heterocycles. The van der Waals surface area contributed by atoms with E-state index in [0.29, 0.717) is 0 Å². The Balaban J connectivity index is 0.000000257. The molecule has 7 rings (SSSR count). The van der Waals surface area contributed by atoms with Gasteiger partial charge in [0.1, 0.15) is 0 Å². The average molecular weight is 569 g/mol. The van der Waals surface area contributed by atoms with Crippen LogP contribution >= 0.6 is 0 Å². The number of rotatable bonds is 2. The Morgan fingerprint density at radius 2 is 1.11 bits per heavy atom. The van der Waals surface area contributed by atoms with E-state index >= 15 is 0 Å². The first kappa shape index (κ1) is 29.9. The topological polar surface area (TPSA) is 0 Å². The molecule has 3 heteroatoms. The van der Waals surface area contributed by atoms with E-state index in [4.69, 9.17) is 0 Å². The molecule has 1 fully saturated rings. The Labute approximate surface area is 250 Å². The molecule has 1 saturated carbocycles. The minimum absolute atomic E-state index is 0. The molecule has 0 unspecified atom stereocenters. The quantitative estimate of drug-likeness (QED) is 0.225. The van der Waals surface area contributed by atoms with Crippen molar-refractivity contribution in [3.63, 3.8) is 0 Å². The van der Waals surface area contributed by atoms with Crippen molar-refractivity contribution in [1.29, 1.82) is 0 Å². The predicted octanol–water partition coefficient (Wildman–Crippen LogP) is 3.64. The summed E-state index contributed by atoms with van der Waals surface area (Å²) in [6, 6.07) is 37.0. The summed E-state index contributed by atoms with van der Waals surface area (Å²) in [5.74, 6) is 0. The van der Waals surface area contributed by atoms with Crippen LogP contribution in [0.3, 0.4) is 0 Å². The third-order valence-corrected chi connectivity index (χ3v) is 7.50. The first-order valence-corrected chi connectivity index (χ1v) is 13.6. The van der Waals surface area contributed by atoms with Crippen LogP contribution in [0.15, 0.2) is 121 Å². The number of fused-ring (bicyclic) bond motifs is 3. The summed E-state index contributed by atoms with van der Waals surface area (Å²) in [6.07, 6.45) is 15.7. The molecule has 0 bridgehead atoms. The van der Waals surface area contributed by atoms with E-state index in [-0.39, 0.29) is 24.8 Å². The van der Waals surface area contributed by atoms with Crippen LogP contribution in [0, 0.1) is 6.08 Å². The molecule has 190 valence electrons. The van der Waals surface area contributed by atoms with Gasteiger partial charge in [0, 0.05) is 0 Å². The molecule has 2 aliphatic rings. The van der Waals surface area contributed by atoms with Gasteiger partial charge in [-0.2, -0.15) is 6.08 Å². The molecule has 5 aromatic rings. The summed E-state index contributed by atoms with van der Waals surface area (Å²) in [5.41, 5.74) is 5.06. The van der Waals surface area contributed by atoms with Crippen molar-refractivity contribution in [2.24, 2.45) is 0 Å². The standard InChI is InChI=1S/C25H17.C5H8.C5H5.2ClH.Ti/c1-3-7-18(8-4-1)20-11-13-22-15-23-14-12-21(17-25(23)24(22)16-20)19-9-5-2-6-10-19;2*1-2-4-5-3-1;;;/h1-17H;1-4H2;1-3H,4H2;2*1H;/q-1;;-1;;;+2/p-2. The maximum atomic E-state index is 2.99. The molecule has 0 amide bonds. The van der Waals surface area contributed by atoms with Crippen molar-refractivity contribution in [2.45, 2.75) is 32.1 Å². The van der Waals surface area contributed by atoms with Gasteiger partial charge in [0.05, 0.1) is 0 Å². The summed E-state index contributed by atoms with van der Waals surface area (Å²) in [4.78, 5) is 0. The normalized spacial score (nSPS) is 13.3. The van der Waals surface area contributed by atoms with Crippen molar-refractivity contribution in [2.75, 3.05) is 0 Å². The van der Waals surface area contributed by atoms with Crippen LogP contribution in [0.2, 0.25) is 0 Å². The number of hydrogen-bond donors (Lipinski definition) is 0. The fourth-order valence-corrected chi connectivity index (χ4v) is 5.31. The molecule has 0 aromatic heterocycles. The van der Waals surface area contributed by atoms with E-state index in [1.165, 1.54) is 69.5 Å². The van der Waals surface area contributed by atoms with Crippen molar-refractivity contribution in [1.82, 2.24) is 0 Å². The summed E-state index contributed by atoms with van der Waals surface area (Å²) >= 11 is 2.26. The smallest absolute Gasteiger partial charge is 0.0197 e. The number of hydrogen-bond acceptors (Lipinski definition) is 0. The zero-order chi connectivity index (χ0) is 24.6. The summed E-state index contributed by atoms with van der Waals surface area (Å²) in [5, 5.41) is 5.27. The summed E-state index contributed by atoms with van der Waals surface area (Å²) < 4.78 is 1.70. The third-order valence-electron chi connectivity index (χ3n) is 6.71. The van der Waals surface area contributed by atoms with Gasteiger partial charge in [-0.15, -0.1) is 46.2 Å². The number of allylic oxidation sites excluding steroid dienone is 4. The van der Waals surface area contributed by atoms with Crippen LogP contribution in [-0.2, 0) is 20.0 Å². The fourth-order valence-electron chi connectivity index (χ4n) is 4.76. The molecular weight excluding hydrogens is 539 g/mol. The van der Waals surface area contributed by atoms with E-state index in [0.717, 1.165) is 6.42 Å². The average Bonchev–Trinajstić information content (AvgIpc) is 3.73. The minimum Gasteiger partial charge on any atom is -0.126 e. The van der Waals surface area contributed by atoms with Crippen molar-refractivity contribution in [3.8, 4) is 22.3 Å². The van der Waals surface area contributed by atoms with Crippen LogP contribution in [0.25, 0.3) is 43.8 Å². The zero-order valence-electron chi connectivity index (χ0n) is 21.3. The monoisotopic (exact) mass is 568 g/mol. The fraction of sp³-hybridized carbons (Fsp3) is 0.143. The van der Waals surface area contributed by atoms with Crippen molar-refractivity contribution < 1.29 is 44.8 Å². The van der Waals surface area contributed by atoms with Crippen LogP contribution < -0.4 is 24.8 Å². The molecule has 0 nitrogen and oxygen atoms in total. The van der Waals surface area contributed by atoms with Gasteiger partial charge in [0.2, 0.25) is 0 Å². The molecule has 0 spiro atoms. The maximum Gasteiger partial charge on any atom is -0.0197 e. The van der Waals surface area contributed by atoms with Gasteiger partial charge in [-0.3, -0.25) is 6.08 Å². The molecule has 0 N–H and O–H groups in total. The van der Waals surface area contributed by atoms with Crippen LogP contribution in [0.5, 0.6) is 0 Å². The van der Waals surface area contributed by atoms with E-state index in [1.807, 2.05) is 12.2 Å². The minimum atomic E-state index is 0. The molecule has 0 atom stereocenters. The van der Waals surface area contributed by atoms with Gasteiger partial charge < -0.3 is 24.8 Å². The molecule has 0 radical (unpaired) electrons. The van der Waals surface area contributed by atoms with Gasteiger partial charge in [-0.05, 0) is 22.3 Å². The Morgan fingerprint density at radius 3 is 1.45 bits per heavy atom. The second-order valence-corrected chi connectivity index (χ2v) is 10.4. The Kier molecular flexibility index (Phi) is 11.9. The predicted molar refractivity (Wildman–Crippen MR) is 153 cm³/mol. The van der Waals surface area contributed by atoms with Gasteiger partial charge in [0.15, 0.2) is 0 Å². The SMILES string of the molecule is [C-]1=CC=CC1.[Cl-].[Cl-].[Ti+2]=[C]1CCCC1.c1ccc(-c2ccc3[cH-]c4ccc(-c5ccccc5)cc4c3c2)cc1. The van der Waals surface area contributed by atoms with Crippen LogP contribution in [-0.4, -0.2) is 3.81 Å². The number of benzene rings is 4. The van der Waals surface area contributed by atoms with Crippen LogP contribution in [0.4, 0.5) is 0 Å². The van der Waals surface area contributed by atoms with E-state index in [1.54, 1.807) is 3.81 Å².